The van der Waals surface area contributed by atoms with Gasteiger partial charge in [0.1, 0.15) is 29.9 Å². The number of aryl methyl sites for hydroxylation is 1. The average molecular weight is 352 g/mol. The summed E-state index contributed by atoms with van der Waals surface area (Å²) in [4.78, 5) is 10.1. The molecule has 0 aliphatic heterocycles. The Morgan fingerprint density at radius 3 is 2.56 bits per heavy atom. The molecule has 6 nitrogen and oxygen atoms in total. The summed E-state index contributed by atoms with van der Waals surface area (Å²) in [6.45, 7) is 2.54. The summed E-state index contributed by atoms with van der Waals surface area (Å²) in [5, 5.41) is 4.59. The maximum Gasteiger partial charge on any atom is 0.416 e. The first-order valence-corrected chi connectivity index (χ1v) is 7.44. The highest BCUT2D eigenvalue weighted by molar-refractivity contribution is 5.87. The third-order valence-electron chi connectivity index (χ3n) is 3.66. The van der Waals surface area contributed by atoms with E-state index in [0.29, 0.717) is 29.5 Å². The Labute approximate surface area is 141 Å². The molecule has 0 atom stereocenters. The topological polar surface area (TPSA) is 64.3 Å². The van der Waals surface area contributed by atoms with Crippen LogP contribution in [-0.4, -0.2) is 35.3 Å². The van der Waals surface area contributed by atoms with Crippen LogP contribution in [0.2, 0.25) is 0 Å². The summed E-state index contributed by atoms with van der Waals surface area (Å²) in [5.74, 6) is 1.02. The first-order chi connectivity index (χ1) is 11.9. The van der Waals surface area contributed by atoms with Gasteiger partial charge in [0.05, 0.1) is 17.8 Å². The first-order valence-electron chi connectivity index (χ1n) is 7.44. The molecule has 0 radical (unpaired) electrons. The van der Waals surface area contributed by atoms with E-state index in [9.17, 15) is 13.2 Å². The van der Waals surface area contributed by atoms with Crippen molar-refractivity contribution in [2.45, 2.75) is 13.1 Å². The monoisotopic (exact) mass is 352 g/mol. The van der Waals surface area contributed by atoms with Crippen molar-refractivity contribution in [1.82, 2.24) is 15.1 Å². The number of alkyl halides is 3. The van der Waals surface area contributed by atoms with E-state index >= 15 is 0 Å². The Morgan fingerprint density at radius 2 is 1.88 bits per heavy atom. The van der Waals surface area contributed by atoms with Gasteiger partial charge in [0.2, 0.25) is 0 Å². The van der Waals surface area contributed by atoms with Crippen LogP contribution in [0.1, 0.15) is 11.3 Å². The lowest BCUT2D eigenvalue weighted by molar-refractivity contribution is -0.137. The average Bonchev–Trinajstić information content (AvgIpc) is 2.96. The molecule has 2 heterocycles. The number of hydrogen-bond donors (Lipinski definition) is 0. The zero-order valence-electron chi connectivity index (χ0n) is 13.5. The largest absolute Gasteiger partial charge is 0.492 e. The standard InChI is InChI=1S/C16H15F3N4O2/c1-10-13-14(20-9-21-15(13)25-22-10)23(2)7-8-24-12-5-3-11(4-6-12)16(17,18)19/h3-6,9H,7-8H2,1-2H3. The van der Waals surface area contributed by atoms with Crippen molar-refractivity contribution in [2.24, 2.45) is 0 Å². The predicted molar refractivity (Wildman–Crippen MR) is 84.5 cm³/mol. The van der Waals surface area contributed by atoms with Gasteiger partial charge < -0.3 is 14.2 Å². The number of fused-ring (bicyclic) bond motifs is 1. The molecule has 132 valence electrons. The van der Waals surface area contributed by atoms with Gasteiger partial charge >= 0.3 is 6.18 Å². The maximum absolute atomic E-state index is 12.5. The van der Waals surface area contributed by atoms with E-state index in [0.717, 1.165) is 17.5 Å². The Kier molecular flexibility index (Phi) is 4.47. The van der Waals surface area contributed by atoms with Gasteiger partial charge in [-0.2, -0.15) is 18.2 Å². The van der Waals surface area contributed by atoms with Crippen molar-refractivity contribution in [3.05, 3.63) is 41.9 Å². The van der Waals surface area contributed by atoms with Gasteiger partial charge in [0, 0.05) is 7.05 Å². The number of ether oxygens (including phenoxy) is 1. The molecule has 9 heteroatoms. The second-order valence-electron chi connectivity index (χ2n) is 5.44. The van der Waals surface area contributed by atoms with Crippen molar-refractivity contribution in [2.75, 3.05) is 25.1 Å². The summed E-state index contributed by atoms with van der Waals surface area (Å²) in [5.41, 5.74) is 0.377. The van der Waals surface area contributed by atoms with Crippen LogP contribution in [0.3, 0.4) is 0 Å². The Balaban J connectivity index is 1.62. The molecule has 0 N–H and O–H groups in total. The van der Waals surface area contributed by atoms with E-state index in [1.807, 2.05) is 11.9 Å². The minimum Gasteiger partial charge on any atom is -0.492 e. The van der Waals surface area contributed by atoms with Gasteiger partial charge in [-0.25, -0.2) is 4.98 Å². The lowest BCUT2D eigenvalue weighted by Gasteiger charge is -2.18. The SMILES string of the molecule is Cc1noc2ncnc(N(C)CCOc3ccc(C(F)(F)F)cc3)c12. The number of hydrogen-bond acceptors (Lipinski definition) is 6. The summed E-state index contributed by atoms with van der Waals surface area (Å²) < 4.78 is 48.2. The summed E-state index contributed by atoms with van der Waals surface area (Å²) >= 11 is 0. The minimum atomic E-state index is -4.35. The Morgan fingerprint density at radius 1 is 1.16 bits per heavy atom. The van der Waals surface area contributed by atoms with Gasteiger partial charge in [-0.1, -0.05) is 5.16 Å². The van der Waals surface area contributed by atoms with Crippen LogP contribution < -0.4 is 9.64 Å². The zero-order chi connectivity index (χ0) is 18.0. The normalized spacial score (nSPS) is 11.7. The fraction of sp³-hybridized carbons (Fsp3) is 0.312. The number of likely N-dealkylation sites (N-methyl/N-ethyl adjacent to an activating group) is 1. The van der Waals surface area contributed by atoms with Crippen molar-refractivity contribution in [3.63, 3.8) is 0 Å². The van der Waals surface area contributed by atoms with Gasteiger partial charge in [-0.15, -0.1) is 0 Å². The van der Waals surface area contributed by atoms with E-state index in [-0.39, 0.29) is 6.61 Å². The zero-order valence-corrected chi connectivity index (χ0v) is 13.5. The Bertz CT molecular complexity index is 862. The summed E-state index contributed by atoms with van der Waals surface area (Å²) in [6, 6.07) is 4.59. The lowest BCUT2D eigenvalue weighted by Crippen LogP contribution is -2.25. The van der Waals surface area contributed by atoms with Gasteiger partial charge in [-0.05, 0) is 31.2 Å². The third-order valence-corrected chi connectivity index (χ3v) is 3.66. The summed E-state index contributed by atoms with van der Waals surface area (Å²) in [6.07, 6.45) is -2.97. The van der Waals surface area contributed by atoms with Crippen molar-refractivity contribution in [3.8, 4) is 5.75 Å². The van der Waals surface area contributed by atoms with Crippen LogP contribution in [-0.2, 0) is 6.18 Å². The lowest BCUT2D eigenvalue weighted by atomic mass is 10.2. The highest BCUT2D eigenvalue weighted by atomic mass is 19.4. The quantitative estimate of drug-likeness (QED) is 0.701. The van der Waals surface area contributed by atoms with Crippen molar-refractivity contribution >= 4 is 16.9 Å². The number of benzene rings is 1. The molecule has 1 aromatic carbocycles. The first kappa shape index (κ1) is 17.0. The molecule has 0 aliphatic rings. The molecular formula is C16H15F3N4O2. The maximum atomic E-state index is 12.5. The number of rotatable bonds is 5. The molecular weight excluding hydrogens is 337 g/mol. The predicted octanol–water partition coefficient (Wildman–Crippen LogP) is 3.46. The van der Waals surface area contributed by atoms with Gasteiger partial charge in [0.15, 0.2) is 0 Å². The van der Waals surface area contributed by atoms with Gasteiger partial charge in [-0.3, -0.25) is 0 Å². The summed E-state index contributed by atoms with van der Waals surface area (Å²) in [7, 11) is 1.82. The van der Waals surface area contributed by atoms with Crippen LogP contribution in [0.4, 0.5) is 19.0 Å². The van der Waals surface area contributed by atoms with Crippen LogP contribution >= 0.6 is 0 Å². The van der Waals surface area contributed by atoms with Crippen LogP contribution in [0, 0.1) is 6.92 Å². The molecule has 3 aromatic rings. The molecule has 2 aromatic heterocycles. The number of halogens is 3. The van der Waals surface area contributed by atoms with Crippen molar-refractivity contribution in [1.29, 1.82) is 0 Å². The van der Waals surface area contributed by atoms with E-state index in [4.69, 9.17) is 9.26 Å². The molecule has 0 amide bonds. The van der Waals surface area contributed by atoms with E-state index in [1.54, 1.807) is 6.92 Å². The second kappa shape index (κ2) is 6.58. The van der Waals surface area contributed by atoms with E-state index < -0.39 is 11.7 Å². The van der Waals surface area contributed by atoms with Crippen LogP contribution in [0.25, 0.3) is 11.1 Å². The molecule has 0 unspecified atom stereocenters. The van der Waals surface area contributed by atoms with E-state index in [1.165, 1.54) is 18.5 Å². The van der Waals surface area contributed by atoms with Gasteiger partial charge in [0.25, 0.3) is 5.71 Å². The highest BCUT2D eigenvalue weighted by Gasteiger charge is 2.30. The molecule has 25 heavy (non-hydrogen) atoms. The smallest absolute Gasteiger partial charge is 0.416 e. The van der Waals surface area contributed by atoms with Crippen LogP contribution in [0.15, 0.2) is 35.1 Å². The Hall–Kier alpha value is -2.84. The molecule has 0 bridgehead atoms. The molecule has 3 rings (SSSR count). The third kappa shape index (κ3) is 3.65. The fourth-order valence-corrected chi connectivity index (χ4v) is 2.34. The molecule has 0 fully saturated rings. The van der Waals surface area contributed by atoms with Crippen LogP contribution in [0.5, 0.6) is 5.75 Å². The van der Waals surface area contributed by atoms with E-state index in [2.05, 4.69) is 15.1 Å². The minimum absolute atomic E-state index is 0.275. The molecule has 0 saturated carbocycles. The highest BCUT2D eigenvalue weighted by Crippen LogP contribution is 2.30. The van der Waals surface area contributed by atoms with Crippen molar-refractivity contribution < 1.29 is 22.4 Å². The second-order valence-corrected chi connectivity index (χ2v) is 5.44. The number of anilines is 1. The molecule has 0 saturated heterocycles. The number of nitrogens with zero attached hydrogens (tertiary/aromatic N) is 4. The molecule has 0 aliphatic carbocycles. The molecule has 0 spiro atoms. The number of aromatic nitrogens is 3. The fourth-order valence-electron chi connectivity index (χ4n) is 2.34.